The molecule has 0 saturated carbocycles. The smallest absolute Gasteiger partial charge is 0.282 e. The van der Waals surface area contributed by atoms with Gasteiger partial charge < -0.3 is 5.11 Å². The van der Waals surface area contributed by atoms with Crippen LogP contribution in [0.3, 0.4) is 0 Å². The summed E-state index contributed by atoms with van der Waals surface area (Å²) in [5.41, 5.74) is 0. The van der Waals surface area contributed by atoms with Crippen molar-refractivity contribution in [2.45, 2.75) is 64.5 Å². The Morgan fingerprint density at radius 1 is 1.20 bits per heavy atom. The van der Waals surface area contributed by atoms with Crippen LogP contribution in [0.1, 0.15) is 52.4 Å². The summed E-state index contributed by atoms with van der Waals surface area (Å²) >= 11 is 0. The predicted octanol–water partition coefficient (Wildman–Crippen LogP) is 1.59. The molecule has 0 spiro atoms. The van der Waals surface area contributed by atoms with Crippen molar-refractivity contribution in [1.29, 1.82) is 0 Å². The molecule has 2 saturated heterocycles. The lowest BCUT2D eigenvalue weighted by atomic mass is 10.00. The second-order valence-electron chi connectivity index (χ2n) is 6.46. The molecule has 0 bridgehead atoms. The molecule has 20 heavy (non-hydrogen) atoms. The summed E-state index contributed by atoms with van der Waals surface area (Å²) in [6.07, 6.45) is 5.02. The fraction of sp³-hybridized carbons (Fsp3) is 1.00. The molecule has 2 fully saturated rings. The average molecular weight is 304 g/mol. The van der Waals surface area contributed by atoms with E-state index in [1.54, 1.807) is 15.5 Å². The zero-order chi connectivity index (χ0) is 14.8. The van der Waals surface area contributed by atoms with Crippen LogP contribution in [0.2, 0.25) is 0 Å². The minimum atomic E-state index is -3.36. The van der Waals surface area contributed by atoms with Crippen molar-refractivity contribution < 1.29 is 13.5 Å². The number of aliphatic hydroxyl groups is 1. The number of aliphatic hydroxyl groups excluding tert-OH is 1. The second-order valence-corrected chi connectivity index (χ2v) is 8.34. The molecule has 118 valence electrons. The maximum atomic E-state index is 12.8. The van der Waals surface area contributed by atoms with Crippen LogP contribution in [-0.2, 0) is 10.2 Å². The van der Waals surface area contributed by atoms with E-state index in [0.717, 1.165) is 32.1 Å². The zero-order valence-electron chi connectivity index (χ0n) is 12.7. The predicted molar refractivity (Wildman–Crippen MR) is 79.5 cm³/mol. The Kier molecular flexibility index (Phi) is 5.45. The highest BCUT2D eigenvalue weighted by atomic mass is 32.2. The molecular formula is C14H28N2O3S. The van der Waals surface area contributed by atoms with E-state index in [4.69, 9.17) is 0 Å². The molecule has 3 atom stereocenters. The first-order chi connectivity index (χ1) is 9.41. The largest absolute Gasteiger partial charge is 0.393 e. The highest BCUT2D eigenvalue weighted by Gasteiger charge is 2.38. The van der Waals surface area contributed by atoms with Gasteiger partial charge in [-0.2, -0.15) is 17.0 Å². The third-order valence-electron chi connectivity index (χ3n) is 4.43. The normalized spacial score (nSPS) is 32.1. The summed E-state index contributed by atoms with van der Waals surface area (Å²) < 4.78 is 29.0. The van der Waals surface area contributed by atoms with Gasteiger partial charge >= 0.3 is 0 Å². The van der Waals surface area contributed by atoms with Crippen molar-refractivity contribution in [3.8, 4) is 0 Å². The molecule has 0 aromatic carbocycles. The SMILES string of the molecule is CC(O)CC1CCCCN1S(=O)(=O)N1CCCC(C)C1. The van der Waals surface area contributed by atoms with Gasteiger partial charge in [-0.05, 0) is 44.9 Å². The first kappa shape index (κ1) is 16.2. The van der Waals surface area contributed by atoms with Crippen LogP contribution in [0.5, 0.6) is 0 Å². The van der Waals surface area contributed by atoms with Crippen LogP contribution < -0.4 is 0 Å². The average Bonchev–Trinajstić information content (AvgIpc) is 2.38. The molecule has 0 aromatic heterocycles. The summed E-state index contributed by atoms with van der Waals surface area (Å²) in [5.74, 6) is 0.443. The summed E-state index contributed by atoms with van der Waals surface area (Å²) in [7, 11) is -3.36. The van der Waals surface area contributed by atoms with Crippen LogP contribution in [0.25, 0.3) is 0 Å². The van der Waals surface area contributed by atoms with Gasteiger partial charge in [0.2, 0.25) is 0 Å². The quantitative estimate of drug-likeness (QED) is 0.858. The van der Waals surface area contributed by atoms with Crippen molar-refractivity contribution >= 4 is 10.2 Å². The number of rotatable bonds is 4. The van der Waals surface area contributed by atoms with E-state index < -0.39 is 16.3 Å². The van der Waals surface area contributed by atoms with Crippen LogP contribution in [0, 0.1) is 5.92 Å². The van der Waals surface area contributed by atoms with Gasteiger partial charge in [0.1, 0.15) is 0 Å². The minimum absolute atomic E-state index is 0.0361. The van der Waals surface area contributed by atoms with Gasteiger partial charge in [0.05, 0.1) is 6.10 Å². The Balaban J connectivity index is 2.12. The molecule has 0 aliphatic carbocycles. The van der Waals surface area contributed by atoms with E-state index >= 15 is 0 Å². The summed E-state index contributed by atoms with van der Waals surface area (Å²) in [6, 6.07) is -0.0361. The zero-order valence-corrected chi connectivity index (χ0v) is 13.5. The Morgan fingerprint density at radius 3 is 2.60 bits per heavy atom. The molecule has 0 radical (unpaired) electrons. The molecular weight excluding hydrogens is 276 g/mol. The van der Waals surface area contributed by atoms with E-state index in [-0.39, 0.29) is 6.04 Å². The van der Waals surface area contributed by atoms with Crippen molar-refractivity contribution in [3.05, 3.63) is 0 Å². The van der Waals surface area contributed by atoms with Crippen molar-refractivity contribution in [2.75, 3.05) is 19.6 Å². The highest BCUT2D eigenvalue weighted by Crippen LogP contribution is 2.28. The number of hydrogen-bond donors (Lipinski definition) is 1. The number of hydrogen-bond acceptors (Lipinski definition) is 3. The van der Waals surface area contributed by atoms with Crippen LogP contribution in [-0.4, -0.2) is 53.9 Å². The van der Waals surface area contributed by atoms with Crippen LogP contribution >= 0.6 is 0 Å². The van der Waals surface area contributed by atoms with Crippen molar-refractivity contribution in [1.82, 2.24) is 8.61 Å². The third kappa shape index (κ3) is 3.72. The van der Waals surface area contributed by atoms with E-state index in [0.29, 0.717) is 32.0 Å². The van der Waals surface area contributed by atoms with E-state index in [1.165, 1.54) is 0 Å². The molecule has 2 aliphatic heterocycles. The second kappa shape index (κ2) is 6.73. The Labute approximate surface area is 123 Å². The van der Waals surface area contributed by atoms with Gasteiger partial charge in [-0.15, -0.1) is 0 Å². The molecule has 2 aliphatic rings. The van der Waals surface area contributed by atoms with E-state index in [9.17, 15) is 13.5 Å². The van der Waals surface area contributed by atoms with E-state index in [2.05, 4.69) is 6.92 Å². The Bertz CT molecular complexity index is 411. The Morgan fingerprint density at radius 2 is 1.95 bits per heavy atom. The monoisotopic (exact) mass is 304 g/mol. The van der Waals surface area contributed by atoms with Crippen LogP contribution in [0.15, 0.2) is 0 Å². The number of piperidine rings is 2. The maximum Gasteiger partial charge on any atom is 0.282 e. The first-order valence-corrected chi connectivity index (χ1v) is 9.26. The lowest BCUT2D eigenvalue weighted by molar-refractivity contribution is 0.126. The molecule has 6 heteroatoms. The van der Waals surface area contributed by atoms with Gasteiger partial charge in [0.25, 0.3) is 10.2 Å². The maximum absolute atomic E-state index is 12.8. The molecule has 2 rings (SSSR count). The molecule has 2 heterocycles. The molecule has 3 unspecified atom stereocenters. The standard InChI is InChI=1S/C14H28N2O3S/c1-12-6-5-8-15(11-12)20(18,19)16-9-4-3-7-14(16)10-13(2)17/h12-14,17H,3-11H2,1-2H3. The highest BCUT2D eigenvalue weighted by molar-refractivity contribution is 7.86. The lowest BCUT2D eigenvalue weighted by Gasteiger charge is -2.40. The first-order valence-electron chi connectivity index (χ1n) is 7.86. The third-order valence-corrected chi connectivity index (χ3v) is 6.49. The summed E-state index contributed by atoms with van der Waals surface area (Å²) in [6.45, 7) is 5.74. The van der Waals surface area contributed by atoms with Crippen LogP contribution in [0.4, 0.5) is 0 Å². The van der Waals surface area contributed by atoms with Gasteiger partial charge in [0.15, 0.2) is 0 Å². The fourth-order valence-corrected chi connectivity index (χ4v) is 5.44. The van der Waals surface area contributed by atoms with E-state index in [1.807, 2.05) is 0 Å². The molecule has 1 N–H and O–H groups in total. The van der Waals surface area contributed by atoms with Gasteiger partial charge in [0, 0.05) is 25.7 Å². The minimum Gasteiger partial charge on any atom is -0.393 e. The molecule has 0 aromatic rings. The van der Waals surface area contributed by atoms with Gasteiger partial charge in [-0.25, -0.2) is 0 Å². The summed E-state index contributed by atoms with van der Waals surface area (Å²) in [4.78, 5) is 0. The Hall–Kier alpha value is -0.170. The number of nitrogens with zero attached hydrogens (tertiary/aromatic N) is 2. The summed E-state index contributed by atoms with van der Waals surface area (Å²) in [5, 5.41) is 9.61. The fourth-order valence-electron chi connectivity index (χ4n) is 3.41. The molecule has 5 nitrogen and oxygen atoms in total. The van der Waals surface area contributed by atoms with Gasteiger partial charge in [-0.3, -0.25) is 0 Å². The van der Waals surface area contributed by atoms with Crippen molar-refractivity contribution in [2.24, 2.45) is 5.92 Å². The molecule has 0 amide bonds. The topological polar surface area (TPSA) is 60.9 Å². The van der Waals surface area contributed by atoms with Crippen molar-refractivity contribution in [3.63, 3.8) is 0 Å². The lowest BCUT2D eigenvalue weighted by Crippen LogP contribution is -2.53. The van der Waals surface area contributed by atoms with Gasteiger partial charge in [-0.1, -0.05) is 13.3 Å².